The van der Waals surface area contributed by atoms with Crippen LogP contribution < -0.4 is 10.6 Å². The first-order valence-electron chi connectivity index (χ1n) is 7.79. The Kier molecular flexibility index (Phi) is 7.16. The molecule has 3 unspecified atom stereocenters. The van der Waals surface area contributed by atoms with Gasteiger partial charge in [0.1, 0.15) is 0 Å². The van der Waals surface area contributed by atoms with Crippen molar-refractivity contribution in [1.82, 2.24) is 10.6 Å². The summed E-state index contributed by atoms with van der Waals surface area (Å²) in [6.45, 7) is 4.32. The molecule has 2 fully saturated rings. The SMILES string of the molecule is CCCCC(CC)C(=O)NC1CC2CCC(C1)N2.Cl. The van der Waals surface area contributed by atoms with Gasteiger partial charge in [0.25, 0.3) is 0 Å². The van der Waals surface area contributed by atoms with Crippen molar-refractivity contribution in [2.24, 2.45) is 5.92 Å². The summed E-state index contributed by atoms with van der Waals surface area (Å²) < 4.78 is 0. The highest BCUT2D eigenvalue weighted by atomic mass is 35.5. The maximum atomic E-state index is 12.3. The number of unbranched alkanes of at least 4 members (excludes halogenated alkanes) is 1. The van der Waals surface area contributed by atoms with Crippen LogP contribution in [0.2, 0.25) is 0 Å². The maximum absolute atomic E-state index is 12.3. The van der Waals surface area contributed by atoms with E-state index in [4.69, 9.17) is 0 Å². The lowest BCUT2D eigenvalue weighted by atomic mass is 9.95. The van der Waals surface area contributed by atoms with Crippen LogP contribution in [0.25, 0.3) is 0 Å². The van der Waals surface area contributed by atoms with Crippen LogP contribution in [-0.2, 0) is 4.79 Å². The number of hydrogen-bond acceptors (Lipinski definition) is 2. The smallest absolute Gasteiger partial charge is 0.223 e. The molecule has 3 nitrogen and oxygen atoms in total. The molecule has 2 aliphatic rings. The summed E-state index contributed by atoms with van der Waals surface area (Å²) in [7, 11) is 0. The third-order valence-electron chi connectivity index (χ3n) is 4.59. The molecule has 2 heterocycles. The number of carbonyl (C=O) groups excluding carboxylic acids is 1. The molecule has 1 amide bonds. The van der Waals surface area contributed by atoms with Crippen molar-refractivity contribution in [1.29, 1.82) is 0 Å². The van der Waals surface area contributed by atoms with Crippen LogP contribution in [0.3, 0.4) is 0 Å². The summed E-state index contributed by atoms with van der Waals surface area (Å²) in [4.78, 5) is 12.3. The predicted molar refractivity (Wildman–Crippen MR) is 81.7 cm³/mol. The summed E-state index contributed by atoms with van der Waals surface area (Å²) in [5.74, 6) is 0.537. The summed E-state index contributed by atoms with van der Waals surface area (Å²) in [5.41, 5.74) is 0. The molecule has 0 aromatic heterocycles. The summed E-state index contributed by atoms with van der Waals surface area (Å²) in [6, 6.07) is 1.74. The molecule has 2 rings (SSSR count). The van der Waals surface area contributed by atoms with E-state index in [1.54, 1.807) is 0 Å². The van der Waals surface area contributed by atoms with Crippen molar-refractivity contribution in [2.75, 3.05) is 0 Å². The number of rotatable bonds is 6. The molecule has 0 saturated carbocycles. The number of carbonyl (C=O) groups is 1. The van der Waals surface area contributed by atoms with E-state index < -0.39 is 0 Å². The number of halogens is 1. The van der Waals surface area contributed by atoms with Gasteiger partial charge < -0.3 is 10.6 Å². The van der Waals surface area contributed by atoms with E-state index >= 15 is 0 Å². The van der Waals surface area contributed by atoms with E-state index in [1.807, 2.05) is 0 Å². The van der Waals surface area contributed by atoms with Gasteiger partial charge in [-0.25, -0.2) is 0 Å². The Labute approximate surface area is 123 Å². The molecular weight excluding hydrogens is 260 g/mol. The average Bonchev–Trinajstić information content (AvgIpc) is 2.70. The highest BCUT2D eigenvalue weighted by Gasteiger charge is 2.34. The van der Waals surface area contributed by atoms with Gasteiger partial charge in [0, 0.05) is 24.0 Å². The van der Waals surface area contributed by atoms with E-state index in [2.05, 4.69) is 24.5 Å². The van der Waals surface area contributed by atoms with Gasteiger partial charge in [-0.05, 0) is 38.5 Å². The lowest BCUT2D eigenvalue weighted by Crippen LogP contribution is -2.49. The Morgan fingerprint density at radius 2 is 1.89 bits per heavy atom. The van der Waals surface area contributed by atoms with Crippen LogP contribution in [0.15, 0.2) is 0 Å². The summed E-state index contributed by atoms with van der Waals surface area (Å²) in [6.07, 6.45) is 9.23. The van der Waals surface area contributed by atoms with Gasteiger partial charge >= 0.3 is 0 Å². The zero-order chi connectivity index (χ0) is 13.0. The van der Waals surface area contributed by atoms with Crippen LogP contribution >= 0.6 is 12.4 Å². The van der Waals surface area contributed by atoms with Gasteiger partial charge in [-0.3, -0.25) is 4.79 Å². The van der Waals surface area contributed by atoms with Crippen LogP contribution in [-0.4, -0.2) is 24.0 Å². The molecule has 2 bridgehead atoms. The molecule has 2 aliphatic heterocycles. The average molecular weight is 289 g/mol. The lowest BCUT2D eigenvalue weighted by molar-refractivity contribution is -0.126. The molecule has 0 aromatic carbocycles. The van der Waals surface area contributed by atoms with Crippen LogP contribution in [0.1, 0.15) is 65.2 Å². The third-order valence-corrected chi connectivity index (χ3v) is 4.59. The van der Waals surface area contributed by atoms with E-state index in [0.29, 0.717) is 24.0 Å². The Morgan fingerprint density at radius 1 is 1.26 bits per heavy atom. The Bertz CT molecular complexity index is 273. The second-order valence-electron chi connectivity index (χ2n) is 6.06. The van der Waals surface area contributed by atoms with Crippen molar-refractivity contribution in [3.63, 3.8) is 0 Å². The lowest BCUT2D eigenvalue weighted by Gasteiger charge is -2.30. The van der Waals surface area contributed by atoms with Gasteiger partial charge in [0.2, 0.25) is 5.91 Å². The molecule has 0 radical (unpaired) electrons. The van der Waals surface area contributed by atoms with Crippen molar-refractivity contribution >= 4 is 18.3 Å². The fourth-order valence-electron chi connectivity index (χ4n) is 3.47. The summed E-state index contributed by atoms with van der Waals surface area (Å²) >= 11 is 0. The number of fused-ring (bicyclic) bond motifs is 2. The Hall–Kier alpha value is -0.280. The number of piperidine rings is 1. The molecule has 0 aromatic rings. The zero-order valence-corrected chi connectivity index (χ0v) is 13.1. The largest absolute Gasteiger partial charge is 0.353 e. The van der Waals surface area contributed by atoms with Gasteiger partial charge in [-0.1, -0.05) is 26.7 Å². The van der Waals surface area contributed by atoms with Crippen LogP contribution in [0.4, 0.5) is 0 Å². The monoisotopic (exact) mass is 288 g/mol. The molecule has 19 heavy (non-hydrogen) atoms. The maximum Gasteiger partial charge on any atom is 0.223 e. The van der Waals surface area contributed by atoms with E-state index in [1.165, 1.54) is 25.7 Å². The van der Waals surface area contributed by atoms with E-state index in [9.17, 15) is 4.79 Å². The minimum absolute atomic E-state index is 0. The number of amides is 1. The van der Waals surface area contributed by atoms with Gasteiger partial charge in [0.15, 0.2) is 0 Å². The standard InChI is InChI=1S/C15H28N2O.ClH/c1-3-5-6-11(4-2)15(18)17-14-9-12-7-8-13(10-14)16-12;/h11-14,16H,3-10H2,1-2H3,(H,17,18);1H. The Morgan fingerprint density at radius 3 is 2.42 bits per heavy atom. The number of nitrogens with one attached hydrogen (secondary N) is 2. The normalized spacial score (nSPS) is 30.5. The highest BCUT2D eigenvalue weighted by Crippen LogP contribution is 2.27. The second-order valence-corrected chi connectivity index (χ2v) is 6.06. The fraction of sp³-hybridized carbons (Fsp3) is 0.933. The molecule has 112 valence electrons. The molecule has 2 N–H and O–H groups in total. The minimum Gasteiger partial charge on any atom is -0.353 e. The second kappa shape index (κ2) is 8.11. The van der Waals surface area contributed by atoms with Crippen molar-refractivity contribution in [2.45, 2.75) is 83.3 Å². The Balaban J connectivity index is 0.00000180. The minimum atomic E-state index is 0. The zero-order valence-electron chi connectivity index (χ0n) is 12.3. The number of hydrogen-bond donors (Lipinski definition) is 2. The topological polar surface area (TPSA) is 41.1 Å². The molecule has 3 atom stereocenters. The van der Waals surface area contributed by atoms with E-state index in [-0.39, 0.29) is 18.3 Å². The molecular formula is C15H29ClN2O. The quantitative estimate of drug-likeness (QED) is 0.789. The van der Waals surface area contributed by atoms with Crippen molar-refractivity contribution < 1.29 is 4.79 Å². The van der Waals surface area contributed by atoms with E-state index in [0.717, 1.165) is 25.7 Å². The fourth-order valence-corrected chi connectivity index (χ4v) is 3.47. The molecule has 2 saturated heterocycles. The third kappa shape index (κ3) is 4.64. The molecule has 0 spiro atoms. The van der Waals surface area contributed by atoms with Crippen LogP contribution in [0.5, 0.6) is 0 Å². The van der Waals surface area contributed by atoms with Gasteiger partial charge in [0.05, 0.1) is 0 Å². The first kappa shape index (κ1) is 16.8. The van der Waals surface area contributed by atoms with Gasteiger partial charge in [-0.2, -0.15) is 0 Å². The van der Waals surface area contributed by atoms with Gasteiger partial charge in [-0.15, -0.1) is 12.4 Å². The van der Waals surface area contributed by atoms with Crippen LogP contribution in [0, 0.1) is 5.92 Å². The molecule has 4 heteroatoms. The highest BCUT2D eigenvalue weighted by molar-refractivity contribution is 5.85. The first-order chi connectivity index (χ1) is 8.72. The van der Waals surface area contributed by atoms with Crippen molar-refractivity contribution in [3.05, 3.63) is 0 Å². The van der Waals surface area contributed by atoms with Crippen molar-refractivity contribution in [3.8, 4) is 0 Å². The first-order valence-corrected chi connectivity index (χ1v) is 7.79. The predicted octanol–water partition coefficient (Wildman–Crippen LogP) is 3.02. The summed E-state index contributed by atoms with van der Waals surface area (Å²) in [5, 5.41) is 6.92. The molecule has 0 aliphatic carbocycles.